The third-order valence-corrected chi connectivity index (χ3v) is 4.32. The third kappa shape index (κ3) is 3.36. The molecule has 114 valence electrons. The lowest BCUT2D eigenvalue weighted by molar-refractivity contribution is -0.0294. The van der Waals surface area contributed by atoms with E-state index in [1.54, 1.807) is 7.11 Å². The van der Waals surface area contributed by atoms with E-state index in [1.807, 2.05) is 0 Å². The number of hydrogen-bond acceptors (Lipinski definition) is 4. The molecular formula is C16H29N3O. The van der Waals surface area contributed by atoms with E-state index < -0.39 is 0 Å². The Balaban J connectivity index is 3.22. The first-order valence-electron chi connectivity index (χ1n) is 7.53. The number of nitrogens with zero attached hydrogens (tertiary/aromatic N) is 2. The number of nitrogens with two attached hydrogens (primary N) is 1. The van der Waals surface area contributed by atoms with Gasteiger partial charge in [0.05, 0.1) is 0 Å². The van der Waals surface area contributed by atoms with Gasteiger partial charge in [-0.05, 0) is 51.1 Å². The highest BCUT2D eigenvalue weighted by Gasteiger charge is 2.32. The van der Waals surface area contributed by atoms with Crippen LogP contribution in [0.1, 0.15) is 56.4 Å². The normalized spacial score (nSPS) is 13.6. The Hall–Kier alpha value is -1.00. The van der Waals surface area contributed by atoms with Crippen LogP contribution in [0.2, 0.25) is 0 Å². The second kappa shape index (κ2) is 7.14. The monoisotopic (exact) mass is 279 g/mol. The molecule has 0 aliphatic heterocycles. The number of rotatable bonds is 7. The zero-order chi connectivity index (χ0) is 15.3. The van der Waals surface area contributed by atoms with E-state index in [0.29, 0.717) is 12.5 Å². The van der Waals surface area contributed by atoms with E-state index in [-0.39, 0.29) is 5.60 Å². The first-order chi connectivity index (χ1) is 9.43. The van der Waals surface area contributed by atoms with Crippen LogP contribution in [0.4, 0.5) is 0 Å². The van der Waals surface area contributed by atoms with E-state index in [1.165, 1.54) is 5.56 Å². The Morgan fingerprint density at radius 1 is 1.15 bits per heavy atom. The molecule has 0 radical (unpaired) electrons. The van der Waals surface area contributed by atoms with Gasteiger partial charge in [-0.2, -0.15) is 0 Å². The highest BCUT2D eigenvalue weighted by Crippen LogP contribution is 2.31. The van der Waals surface area contributed by atoms with Gasteiger partial charge in [0.2, 0.25) is 0 Å². The van der Waals surface area contributed by atoms with Crippen molar-refractivity contribution in [3.05, 3.63) is 22.8 Å². The maximum atomic E-state index is 5.73. The molecule has 2 N–H and O–H groups in total. The summed E-state index contributed by atoms with van der Waals surface area (Å²) >= 11 is 0. The lowest BCUT2D eigenvalue weighted by atomic mass is 9.94. The molecule has 20 heavy (non-hydrogen) atoms. The van der Waals surface area contributed by atoms with E-state index >= 15 is 0 Å². The molecule has 1 heterocycles. The predicted molar refractivity (Wildman–Crippen MR) is 82.7 cm³/mol. The van der Waals surface area contributed by atoms with Crippen LogP contribution in [-0.4, -0.2) is 23.6 Å². The minimum absolute atomic E-state index is 0.368. The molecule has 1 atom stereocenters. The second-order valence-corrected chi connectivity index (χ2v) is 5.65. The Morgan fingerprint density at radius 3 is 2.00 bits per heavy atom. The standard InChI is InChI=1S/C16H29N3O/c1-7-16(8-2,20-6)15-18-12(4)14(13(5)19-15)9-11(3)10-17/h11H,7-10,17H2,1-6H3. The Morgan fingerprint density at radius 2 is 1.65 bits per heavy atom. The summed E-state index contributed by atoms with van der Waals surface area (Å²) < 4.78 is 5.73. The minimum atomic E-state index is -0.368. The van der Waals surface area contributed by atoms with Crippen LogP contribution in [0, 0.1) is 19.8 Å². The summed E-state index contributed by atoms with van der Waals surface area (Å²) in [4.78, 5) is 9.46. The van der Waals surface area contributed by atoms with Crippen molar-refractivity contribution in [2.45, 2.75) is 59.5 Å². The number of aryl methyl sites for hydroxylation is 2. The van der Waals surface area contributed by atoms with Gasteiger partial charge in [-0.3, -0.25) is 0 Å². The molecule has 1 rings (SSSR count). The number of hydrogen-bond donors (Lipinski definition) is 1. The zero-order valence-electron chi connectivity index (χ0n) is 13.8. The number of methoxy groups -OCH3 is 1. The van der Waals surface area contributed by atoms with Crippen LogP contribution < -0.4 is 5.73 Å². The van der Waals surface area contributed by atoms with Gasteiger partial charge in [0.15, 0.2) is 5.82 Å². The van der Waals surface area contributed by atoms with Crippen molar-refractivity contribution in [3.63, 3.8) is 0 Å². The smallest absolute Gasteiger partial charge is 0.160 e. The van der Waals surface area contributed by atoms with Gasteiger partial charge in [-0.15, -0.1) is 0 Å². The summed E-state index contributed by atoms with van der Waals surface area (Å²) in [5, 5.41) is 0. The average Bonchev–Trinajstić information content (AvgIpc) is 2.45. The summed E-state index contributed by atoms with van der Waals surface area (Å²) in [7, 11) is 1.74. The summed E-state index contributed by atoms with van der Waals surface area (Å²) in [6.45, 7) is 11.2. The summed E-state index contributed by atoms with van der Waals surface area (Å²) in [6.07, 6.45) is 2.68. The van der Waals surface area contributed by atoms with Gasteiger partial charge < -0.3 is 10.5 Å². The fraction of sp³-hybridized carbons (Fsp3) is 0.750. The molecule has 1 aromatic rings. The maximum absolute atomic E-state index is 5.73. The fourth-order valence-corrected chi connectivity index (χ4v) is 2.62. The third-order valence-electron chi connectivity index (χ3n) is 4.32. The molecule has 0 amide bonds. The van der Waals surface area contributed by atoms with Crippen LogP contribution in [0.25, 0.3) is 0 Å². The molecule has 0 aliphatic carbocycles. The van der Waals surface area contributed by atoms with Crippen molar-refractivity contribution in [3.8, 4) is 0 Å². The predicted octanol–water partition coefficient (Wildman–Crippen LogP) is 2.89. The van der Waals surface area contributed by atoms with Crippen molar-refractivity contribution >= 4 is 0 Å². The first kappa shape index (κ1) is 17.1. The molecule has 0 bridgehead atoms. The second-order valence-electron chi connectivity index (χ2n) is 5.65. The largest absolute Gasteiger partial charge is 0.370 e. The molecule has 0 saturated heterocycles. The molecular weight excluding hydrogens is 250 g/mol. The van der Waals surface area contributed by atoms with Crippen molar-refractivity contribution in [1.29, 1.82) is 0 Å². The van der Waals surface area contributed by atoms with E-state index in [2.05, 4.69) is 34.6 Å². The van der Waals surface area contributed by atoms with Gasteiger partial charge >= 0.3 is 0 Å². The molecule has 0 fully saturated rings. The summed E-state index contributed by atoms with van der Waals surface area (Å²) in [5.41, 5.74) is 8.69. The molecule has 1 unspecified atom stereocenters. The average molecular weight is 279 g/mol. The topological polar surface area (TPSA) is 61.0 Å². The minimum Gasteiger partial charge on any atom is -0.370 e. The van der Waals surface area contributed by atoms with Crippen LogP contribution in [0.3, 0.4) is 0 Å². The summed E-state index contributed by atoms with van der Waals surface area (Å²) in [6, 6.07) is 0. The van der Waals surface area contributed by atoms with Crippen LogP contribution in [0.5, 0.6) is 0 Å². The van der Waals surface area contributed by atoms with Crippen LogP contribution in [-0.2, 0) is 16.8 Å². The Labute approximate surface area is 123 Å². The van der Waals surface area contributed by atoms with Crippen molar-refractivity contribution in [2.75, 3.05) is 13.7 Å². The van der Waals surface area contributed by atoms with Gasteiger partial charge in [-0.1, -0.05) is 20.8 Å². The molecule has 0 aliphatic rings. The Kier molecular flexibility index (Phi) is 6.08. The zero-order valence-corrected chi connectivity index (χ0v) is 13.8. The van der Waals surface area contributed by atoms with Gasteiger partial charge in [0.1, 0.15) is 5.60 Å². The van der Waals surface area contributed by atoms with Crippen LogP contribution in [0.15, 0.2) is 0 Å². The van der Waals surface area contributed by atoms with E-state index in [4.69, 9.17) is 20.4 Å². The first-order valence-corrected chi connectivity index (χ1v) is 7.53. The number of ether oxygens (including phenoxy) is 1. The lowest BCUT2D eigenvalue weighted by Crippen LogP contribution is -2.30. The quantitative estimate of drug-likeness (QED) is 0.833. The molecule has 4 heteroatoms. The molecule has 0 saturated carbocycles. The van der Waals surface area contributed by atoms with Crippen molar-refractivity contribution < 1.29 is 4.74 Å². The molecule has 4 nitrogen and oxygen atoms in total. The van der Waals surface area contributed by atoms with E-state index in [9.17, 15) is 0 Å². The Bertz CT molecular complexity index is 410. The summed E-state index contributed by atoms with van der Waals surface area (Å²) in [5.74, 6) is 1.26. The molecule has 0 spiro atoms. The number of aromatic nitrogens is 2. The SMILES string of the molecule is CCC(CC)(OC)c1nc(C)c(CC(C)CN)c(C)n1. The highest BCUT2D eigenvalue weighted by molar-refractivity contribution is 5.26. The van der Waals surface area contributed by atoms with Crippen LogP contribution >= 0.6 is 0 Å². The highest BCUT2D eigenvalue weighted by atomic mass is 16.5. The van der Waals surface area contributed by atoms with Gasteiger partial charge in [-0.25, -0.2) is 9.97 Å². The lowest BCUT2D eigenvalue weighted by Gasteiger charge is -2.29. The molecule has 0 aromatic carbocycles. The van der Waals surface area contributed by atoms with Gasteiger partial charge in [0.25, 0.3) is 0 Å². The van der Waals surface area contributed by atoms with Crippen molar-refractivity contribution in [2.24, 2.45) is 11.7 Å². The maximum Gasteiger partial charge on any atom is 0.160 e. The van der Waals surface area contributed by atoms with Crippen molar-refractivity contribution in [1.82, 2.24) is 9.97 Å². The van der Waals surface area contributed by atoms with Gasteiger partial charge in [0, 0.05) is 18.5 Å². The van der Waals surface area contributed by atoms with E-state index in [0.717, 1.165) is 36.5 Å². The molecule has 1 aromatic heterocycles. The fourth-order valence-electron chi connectivity index (χ4n) is 2.62.